The normalized spacial score (nSPS) is 17.6. The van der Waals surface area contributed by atoms with Crippen molar-refractivity contribution in [2.45, 2.75) is 44.0 Å². The molecule has 0 N–H and O–H groups in total. The Balaban J connectivity index is 1.81. The molecule has 1 fully saturated rings. The summed E-state index contributed by atoms with van der Waals surface area (Å²) >= 11 is 1.17. The summed E-state index contributed by atoms with van der Waals surface area (Å²) in [6.45, 7) is 3.85. The van der Waals surface area contributed by atoms with E-state index in [2.05, 4.69) is 10.1 Å². The first-order valence-corrected chi connectivity index (χ1v) is 11.7. The van der Waals surface area contributed by atoms with E-state index in [1.54, 1.807) is 6.92 Å². The molecule has 1 aromatic carbocycles. The number of aryl methyl sites for hydroxylation is 1. The summed E-state index contributed by atoms with van der Waals surface area (Å²) in [5.74, 6) is 0. The summed E-state index contributed by atoms with van der Waals surface area (Å²) in [4.78, 5) is 27.8. The zero-order valence-electron chi connectivity index (χ0n) is 16.3. The van der Waals surface area contributed by atoms with Gasteiger partial charge in [-0.25, -0.2) is 13.4 Å². The maximum atomic E-state index is 13.3. The first kappa shape index (κ1) is 20.6. The van der Waals surface area contributed by atoms with Gasteiger partial charge in [-0.05, 0) is 32.3 Å². The highest BCUT2D eigenvalue weighted by molar-refractivity contribution is 7.89. The molecule has 0 radical (unpaired) electrons. The minimum absolute atomic E-state index is 0.219. The molecule has 0 unspecified atom stereocenters. The maximum Gasteiger partial charge on any atom is 0.289 e. The summed E-state index contributed by atoms with van der Waals surface area (Å²) in [7, 11) is -4.13. The molecule has 2 aromatic heterocycles. The van der Waals surface area contributed by atoms with Crippen LogP contribution in [0.15, 0.2) is 34.0 Å². The highest BCUT2D eigenvalue weighted by atomic mass is 32.2. The SMILES string of the molecule is CCc1c(C)nc2sc([C@H]3CCCN3S(=O)(=O)c3ccccc3[N+](=O)[O-])nn2c1=O. The van der Waals surface area contributed by atoms with Crippen molar-refractivity contribution < 1.29 is 13.3 Å². The molecule has 158 valence electrons. The lowest BCUT2D eigenvalue weighted by molar-refractivity contribution is -0.387. The van der Waals surface area contributed by atoms with Crippen LogP contribution in [-0.2, 0) is 16.4 Å². The Kier molecular flexibility index (Phi) is 5.16. The monoisotopic (exact) mass is 449 g/mol. The largest absolute Gasteiger partial charge is 0.289 e. The quantitative estimate of drug-likeness (QED) is 0.432. The van der Waals surface area contributed by atoms with Gasteiger partial charge in [0.25, 0.3) is 21.3 Å². The second kappa shape index (κ2) is 7.52. The number of aromatic nitrogens is 3. The number of benzene rings is 1. The van der Waals surface area contributed by atoms with Crippen LogP contribution in [0.5, 0.6) is 0 Å². The minimum atomic E-state index is -4.13. The molecule has 0 spiro atoms. The van der Waals surface area contributed by atoms with Crippen LogP contribution in [0.3, 0.4) is 0 Å². The van der Waals surface area contributed by atoms with Crippen LogP contribution in [0.25, 0.3) is 4.96 Å². The highest BCUT2D eigenvalue weighted by Gasteiger charge is 2.41. The Bertz CT molecular complexity index is 1310. The van der Waals surface area contributed by atoms with Crippen molar-refractivity contribution in [1.82, 2.24) is 18.9 Å². The average Bonchev–Trinajstić information content (AvgIpc) is 3.35. The lowest BCUT2D eigenvalue weighted by Gasteiger charge is -2.22. The van der Waals surface area contributed by atoms with Crippen LogP contribution in [-0.4, -0.2) is 38.8 Å². The number of nitrogens with zero attached hydrogens (tertiary/aromatic N) is 5. The third-order valence-corrected chi connectivity index (χ3v) is 8.18. The average molecular weight is 450 g/mol. The fourth-order valence-electron chi connectivity index (χ4n) is 3.76. The van der Waals surface area contributed by atoms with E-state index in [9.17, 15) is 23.3 Å². The number of para-hydroxylation sites is 1. The minimum Gasteiger partial charge on any atom is -0.267 e. The van der Waals surface area contributed by atoms with Gasteiger partial charge < -0.3 is 0 Å². The van der Waals surface area contributed by atoms with Gasteiger partial charge >= 0.3 is 0 Å². The van der Waals surface area contributed by atoms with E-state index >= 15 is 0 Å². The van der Waals surface area contributed by atoms with Crippen molar-refractivity contribution in [2.24, 2.45) is 0 Å². The van der Waals surface area contributed by atoms with Gasteiger partial charge in [0.15, 0.2) is 4.90 Å². The number of hydrogen-bond acceptors (Lipinski definition) is 8. The molecular weight excluding hydrogens is 430 g/mol. The molecule has 1 atom stereocenters. The number of fused-ring (bicyclic) bond motifs is 1. The van der Waals surface area contributed by atoms with Crippen LogP contribution in [0.4, 0.5) is 5.69 Å². The summed E-state index contributed by atoms with van der Waals surface area (Å²) in [6, 6.07) is 4.70. The first-order chi connectivity index (χ1) is 14.3. The van der Waals surface area contributed by atoms with Gasteiger partial charge in [-0.1, -0.05) is 30.4 Å². The molecule has 10 nitrogen and oxygen atoms in total. The van der Waals surface area contributed by atoms with Gasteiger partial charge in [-0.15, -0.1) is 0 Å². The lowest BCUT2D eigenvalue weighted by atomic mass is 10.2. The van der Waals surface area contributed by atoms with E-state index in [-0.39, 0.29) is 17.0 Å². The highest BCUT2D eigenvalue weighted by Crippen LogP contribution is 2.39. The fraction of sp³-hybridized carbons (Fsp3) is 0.389. The summed E-state index contributed by atoms with van der Waals surface area (Å²) in [5.41, 5.74) is 0.482. The fourth-order valence-corrected chi connectivity index (χ4v) is 6.73. The second-order valence-corrected chi connectivity index (χ2v) is 9.81. The topological polar surface area (TPSA) is 128 Å². The van der Waals surface area contributed by atoms with Crippen molar-refractivity contribution in [3.8, 4) is 0 Å². The standard InChI is InChI=1S/C18H19N5O5S2/c1-3-12-11(2)19-18-22(17(12)24)20-16(29-18)14-8-6-10-21(14)30(27,28)15-9-5-4-7-13(15)23(25)26/h4-5,7,9,14H,3,6,8,10H2,1-2H3/t14-/m1/s1. The maximum absolute atomic E-state index is 13.3. The predicted octanol–water partition coefficient (Wildman–Crippen LogP) is 2.46. The molecule has 1 aliphatic rings. The van der Waals surface area contributed by atoms with Gasteiger partial charge in [0.1, 0.15) is 5.01 Å². The van der Waals surface area contributed by atoms with Crippen molar-refractivity contribution in [1.29, 1.82) is 0 Å². The molecule has 12 heteroatoms. The number of nitro benzene ring substituents is 1. The smallest absolute Gasteiger partial charge is 0.267 e. The first-order valence-electron chi connectivity index (χ1n) is 9.40. The third kappa shape index (κ3) is 3.20. The van der Waals surface area contributed by atoms with E-state index in [0.29, 0.717) is 40.5 Å². The van der Waals surface area contributed by atoms with E-state index in [4.69, 9.17) is 0 Å². The Labute approximate surface area is 176 Å². The summed E-state index contributed by atoms with van der Waals surface area (Å²) in [6.07, 6.45) is 1.62. The zero-order valence-corrected chi connectivity index (χ0v) is 17.9. The van der Waals surface area contributed by atoms with E-state index in [0.717, 1.165) is 0 Å². The molecule has 0 saturated carbocycles. The molecule has 0 amide bonds. The van der Waals surface area contributed by atoms with Crippen molar-refractivity contribution in [3.05, 3.63) is 61.0 Å². The van der Waals surface area contributed by atoms with Crippen molar-refractivity contribution >= 4 is 32.0 Å². The molecule has 3 heterocycles. The van der Waals surface area contributed by atoms with E-state index < -0.39 is 26.7 Å². The van der Waals surface area contributed by atoms with Crippen LogP contribution in [0, 0.1) is 17.0 Å². The lowest BCUT2D eigenvalue weighted by Crippen LogP contribution is -2.31. The Morgan fingerprint density at radius 3 is 2.77 bits per heavy atom. The van der Waals surface area contributed by atoms with Gasteiger partial charge in [0, 0.05) is 23.9 Å². The summed E-state index contributed by atoms with van der Waals surface area (Å²) < 4.78 is 29.1. The number of nitro groups is 1. The Hall–Kier alpha value is -2.70. The van der Waals surface area contributed by atoms with E-state index in [1.807, 2.05) is 6.92 Å². The van der Waals surface area contributed by atoms with Gasteiger partial charge in [0.05, 0.1) is 11.0 Å². The number of sulfonamides is 1. The van der Waals surface area contributed by atoms with E-state index in [1.165, 1.54) is 44.4 Å². The Morgan fingerprint density at radius 2 is 2.07 bits per heavy atom. The predicted molar refractivity (Wildman–Crippen MR) is 110 cm³/mol. The molecule has 0 aliphatic carbocycles. The molecule has 1 aliphatic heterocycles. The molecule has 0 bridgehead atoms. The van der Waals surface area contributed by atoms with Crippen LogP contribution in [0.1, 0.15) is 42.1 Å². The molecular formula is C18H19N5O5S2. The second-order valence-electron chi connectivity index (χ2n) is 6.97. The van der Waals surface area contributed by atoms with Gasteiger partial charge in [-0.3, -0.25) is 14.9 Å². The van der Waals surface area contributed by atoms with Gasteiger partial charge in [-0.2, -0.15) is 13.9 Å². The molecule has 4 rings (SSSR count). The van der Waals surface area contributed by atoms with Crippen LogP contribution in [0.2, 0.25) is 0 Å². The summed E-state index contributed by atoms with van der Waals surface area (Å²) in [5, 5.41) is 16.2. The van der Waals surface area contributed by atoms with Gasteiger partial charge in [0.2, 0.25) is 4.96 Å². The zero-order chi connectivity index (χ0) is 21.6. The third-order valence-electron chi connectivity index (χ3n) is 5.22. The molecule has 1 saturated heterocycles. The van der Waals surface area contributed by atoms with Crippen molar-refractivity contribution in [2.75, 3.05) is 6.54 Å². The molecule has 30 heavy (non-hydrogen) atoms. The number of hydrogen-bond donors (Lipinski definition) is 0. The molecule has 3 aromatic rings. The Morgan fingerprint density at radius 1 is 1.33 bits per heavy atom. The van der Waals surface area contributed by atoms with Crippen LogP contribution >= 0.6 is 11.3 Å². The number of rotatable bonds is 5. The van der Waals surface area contributed by atoms with Crippen molar-refractivity contribution in [3.63, 3.8) is 0 Å². The van der Waals surface area contributed by atoms with Crippen LogP contribution < -0.4 is 5.56 Å².